The fourth-order valence-electron chi connectivity index (χ4n) is 4.28. The van der Waals surface area contributed by atoms with Gasteiger partial charge in [-0.2, -0.15) is 0 Å². The molecule has 0 N–H and O–H groups in total. The average Bonchev–Trinajstić information content (AvgIpc) is 3.22. The molecule has 1 saturated heterocycles. The number of rotatable bonds is 2. The number of hydrogen-bond donors (Lipinski definition) is 0. The van der Waals surface area contributed by atoms with Crippen LogP contribution in [0.4, 0.5) is 4.79 Å². The third kappa shape index (κ3) is 4.26. The van der Waals surface area contributed by atoms with Crippen LogP contribution < -0.4 is 9.47 Å². The Bertz CT molecular complexity index is 1100. The quantitative estimate of drug-likeness (QED) is 0.483. The first kappa shape index (κ1) is 21.1. The summed E-state index contributed by atoms with van der Waals surface area (Å²) < 4.78 is 19.3. The molecule has 0 radical (unpaired) electrons. The Kier molecular flexibility index (Phi) is 5.45. The van der Waals surface area contributed by atoms with Gasteiger partial charge in [-0.15, -0.1) is 11.3 Å². The molecule has 3 aromatic rings. The van der Waals surface area contributed by atoms with Crippen molar-refractivity contribution in [1.29, 1.82) is 0 Å². The van der Waals surface area contributed by atoms with E-state index < -0.39 is 5.60 Å². The van der Waals surface area contributed by atoms with Gasteiger partial charge in [-0.05, 0) is 57.7 Å². The fourth-order valence-corrected chi connectivity index (χ4v) is 5.27. The van der Waals surface area contributed by atoms with Crippen LogP contribution in [0.3, 0.4) is 0 Å². The molecule has 2 aliphatic heterocycles. The van der Waals surface area contributed by atoms with Gasteiger partial charge in [-0.25, -0.2) is 9.78 Å². The normalized spacial score (nSPS) is 19.2. The van der Waals surface area contributed by atoms with Gasteiger partial charge in [0.2, 0.25) is 0 Å². The predicted molar refractivity (Wildman–Crippen MR) is 125 cm³/mol. The Morgan fingerprint density at radius 2 is 1.91 bits per heavy atom. The van der Waals surface area contributed by atoms with E-state index in [1.807, 2.05) is 51.1 Å². The molecule has 168 valence electrons. The summed E-state index contributed by atoms with van der Waals surface area (Å²) >= 11 is 1.65. The van der Waals surface area contributed by atoms with Crippen molar-refractivity contribution in [3.63, 3.8) is 0 Å². The van der Waals surface area contributed by atoms with Crippen molar-refractivity contribution in [2.24, 2.45) is 0 Å². The number of thiazole rings is 1. The SMILES string of the molecule is CC(C)(C)OC(=O)N1CCC(c2cccc3c2OC(c2nc4ccccc4s2)CO3)CC1. The number of nitrogens with zero attached hydrogens (tertiary/aromatic N) is 2. The summed E-state index contributed by atoms with van der Waals surface area (Å²) in [5.41, 5.74) is 1.66. The molecule has 1 atom stereocenters. The molecule has 1 aromatic heterocycles. The van der Waals surface area contributed by atoms with Gasteiger partial charge in [0.05, 0.1) is 10.2 Å². The van der Waals surface area contributed by atoms with Crippen molar-refractivity contribution in [3.8, 4) is 11.5 Å². The average molecular weight is 453 g/mol. The molecule has 1 unspecified atom stereocenters. The van der Waals surface area contributed by atoms with Crippen LogP contribution in [0, 0.1) is 0 Å². The van der Waals surface area contributed by atoms with Crippen molar-refractivity contribution in [2.75, 3.05) is 19.7 Å². The number of fused-ring (bicyclic) bond motifs is 2. The molecule has 0 aliphatic carbocycles. The number of aromatic nitrogens is 1. The molecule has 2 aromatic carbocycles. The number of amides is 1. The van der Waals surface area contributed by atoms with Gasteiger partial charge < -0.3 is 19.1 Å². The number of carbonyl (C=O) groups excluding carboxylic acids is 1. The Morgan fingerprint density at radius 3 is 2.66 bits per heavy atom. The van der Waals surface area contributed by atoms with Crippen LogP contribution in [0.15, 0.2) is 42.5 Å². The van der Waals surface area contributed by atoms with Crippen molar-refractivity contribution < 1.29 is 19.0 Å². The molecule has 2 aliphatic rings. The minimum Gasteiger partial charge on any atom is -0.485 e. The minimum atomic E-state index is -0.479. The molecule has 6 nitrogen and oxygen atoms in total. The maximum Gasteiger partial charge on any atom is 0.410 e. The number of hydrogen-bond acceptors (Lipinski definition) is 6. The number of piperidine rings is 1. The van der Waals surface area contributed by atoms with E-state index in [1.165, 1.54) is 0 Å². The molecule has 5 rings (SSSR count). The second-order valence-electron chi connectivity index (χ2n) is 9.35. The van der Waals surface area contributed by atoms with Crippen LogP contribution in [-0.2, 0) is 4.74 Å². The summed E-state index contributed by atoms with van der Waals surface area (Å²) in [5, 5.41) is 0.936. The van der Waals surface area contributed by atoms with Crippen molar-refractivity contribution >= 4 is 27.6 Å². The zero-order valence-electron chi connectivity index (χ0n) is 18.7. The highest BCUT2D eigenvalue weighted by Gasteiger charge is 2.32. The summed E-state index contributed by atoms with van der Waals surface area (Å²) in [7, 11) is 0. The number of benzene rings is 2. The van der Waals surface area contributed by atoms with Gasteiger partial charge in [-0.1, -0.05) is 24.3 Å². The second-order valence-corrected chi connectivity index (χ2v) is 10.4. The third-order valence-electron chi connectivity index (χ3n) is 5.83. The largest absolute Gasteiger partial charge is 0.485 e. The number of carbonyl (C=O) groups is 1. The summed E-state index contributed by atoms with van der Waals surface area (Å²) in [6.07, 6.45) is 1.28. The zero-order valence-corrected chi connectivity index (χ0v) is 19.5. The van der Waals surface area contributed by atoms with E-state index in [0.717, 1.165) is 45.1 Å². The van der Waals surface area contributed by atoms with Crippen molar-refractivity contribution in [2.45, 2.75) is 51.2 Å². The summed E-state index contributed by atoms with van der Waals surface area (Å²) in [6, 6.07) is 14.2. The summed E-state index contributed by atoms with van der Waals surface area (Å²) in [5.74, 6) is 1.91. The first-order valence-corrected chi connectivity index (χ1v) is 11.9. The maximum atomic E-state index is 12.4. The van der Waals surface area contributed by atoms with E-state index >= 15 is 0 Å². The Morgan fingerprint density at radius 1 is 1.12 bits per heavy atom. The Balaban J connectivity index is 1.32. The Labute approximate surface area is 192 Å². The maximum absolute atomic E-state index is 12.4. The first-order valence-electron chi connectivity index (χ1n) is 11.1. The lowest BCUT2D eigenvalue weighted by atomic mass is 9.88. The van der Waals surface area contributed by atoms with E-state index in [9.17, 15) is 4.79 Å². The second kappa shape index (κ2) is 8.28. The van der Waals surface area contributed by atoms with Crippen molar-refractivity contribution in [1.82, 2.24) is 9.88 Å². The van der Waals surface area contributed by atoms with Gasteiger partial charge >= 0.3 is 6.09 Å². The molecular weight excluding hydrogens is 424 g/mol. The molecule has 7 heteroatoms. The lowest BCUT2D eigenvalue weighted by Gasteiger charge is -2.35. The highest BCUT2D eigenvalue weighted by Crippen LogP contribution is 2.45. The van der Waals surface area contributed by atoms with Crippen LogP contribution in [0.5, 0.6) is 11.5 Å². The third-order valence-corrected chi connectivity index (χ3v) is 6.96. The van der Waals surface area contributed by atoms with E-state index in [-0.39, 0.29) is 12.2 Å². The topological polar surface area (TPSA) is 60.9 Å². The molecule has 1 amide bonds. The first-order chi connectivity index (χ1) is 15.4. The minimum absolute atomic E-state index is 0.220. The van der Waals surface area contributed by atoms with Gasteiger partial charge in [0.15, 0.2) is 17.6 Å². The van der Waals surface area contributed by atoms with Gasteiger partial charge in [0.1, 0.15) is 17.2 Å². The van der Waals surface area contributed by atoms with Gasteiger partial charge in [0, 0.05) is 18.7 Å². The van der Waals surface area contributed by atoms with E-state index in [0.29, 0.717) is 25.6 Å². The lowest BCUT2D eigenvalue weighted by Crippen LogP contribution is -2.41. The molecule has 3 heterocycles. The smallest absolute Gasteiger partial charge is 0.410 e. The fraction of sp³-hybridized carbons (Fsp3) is 0.440. The monoisotopic (exact) mass is 452 g/mol. The number of likely N-dealkylation sites (tertiary alicyclic amines) is 1. The van der Waals surface area contributed by atoms with E-state index in [1.54, 1.807) is 16.2 Å². The van der Waals surface area contributed by atoms with Gasteiger partial charge in [-0.3, -0.25) is 0 Å². The van der Waals surface area contributed by atoms with Crippen LogP contribution in [0.25, 0.3) is 10.2 Å². The predicted octanol–water partition coefficient (Wildman–Crippen LogP) is 5.92. The molecule has 0 saturated carbocycles. The zero-order chi connectivity index (χ0) is 22.3. The number of para-hydroxylation sites is 2. The van der Waals surface area contributed by atoms with Gasteiger partial charge in [0.25, 0.3) is 0 Å². The highest BCUT2D eigenvalue weighted by molar-refractivity contribution is 7.18. The number of ether oxygens (including phenoxy) is 3. The molecule has 1 fully saturated rings. The van der Waals surface area contributed by atoms with Crippen molar-refractivity contribution in [3.05, 3.63) is 53.0 Å². The Hall–Kier alpha value is -2.80. The molecule has 0 spiro atoms. The van der Waals surface area contributed by atoms with Crippen LogP contribution in [0.1, 0.15) is 56.2 Å². The highest BCUT2D eigenvalue weighted by atomic mass is 32.1. The van der Waals surface area contributed by atoms with Crippen LogP contribution >= 0.6 is 11.3 Å². The lowest BCUT2D eigenvalue weighted by molar-refractivity contribution is 0.0203. The van der Waals surface area contributed by atoms with Crippen LogP contribution in [-0.4, -0.2) is 41.3 Å². The van der Waals surface area contributed by atoms with Crippen LogP contribution in [0.2, 0.25) is 0 Å². The van der Waals surface area contributed by atoms with E-state index in [2.05, 4.69) is 12.1 Å². The summed E-state index contributed by atoms with van der Waals surface area (Å²) in [4.78, 5) is 19.0. The molecular formula is C25H28N2O4S. The standard InChI is InChI=1S/C25H28N2O4S/c1-25(2,3)31-24(28)27-13-11-16(12-14-27)17-7-6-9-19-22(17)30-20(15-29-19)23-26-18-8-4-5-10-21(18)32-23/h4-10,16,20H,11-15H2,1-3H3. The molecule has 32 heavy (non-hydrogen) atoms. The molecule has 0 bridgehead atoms. The van der Waals surface area contributed by atoms with E-state index in [4.69, 9.17) is 19.2 Å². The summed E-state index contributed by atoms with van der Waals surface area (Å²) in [6.45, 7) is 7.48.